The van der Waals surface area contributed by atoms with Crippen LogP contribution in [0, 0.1) is 17.0 Å². The quantitative estimate of drug-likeness (QED) is 0.444. The summed E-state index contributed by atoms with van der Waals surface area (Å²) in [5.74, 6) is -0.876. The molecule has 0 aliphatic heterocycles. The molecule has 0 N–H and O–H groups in total. The van der Waals surface area contributed by atoms with E-state index in [9.17, 15) is 23.3 Å². The summed E-state index contributed by atoms with van der Waals surface area (Å²) >= 11 is 0. The minimum Gasteiger partial charge on any atom is -0.460 e. The number of hydrogen-bond acceptors (Lipinski definition) is 6. The Labute approximate surface area is 145 Å². The molecule has 0 aliphatic carbocycles. The van der Waals surface area contributed by atoms with Gasteiger partial charge in [0.1, 0.15) is 6.61 Å². The number of nitro benzene ring substituents is 1. The van der Waals surface area contributed by atoms with Crippen molar-refractivity contribution in [3.8, 4) is 0 Å². The van der Waals surface area contributed by atoms with Gasteiger partial charge in [0, 0.05) is 12.1 Å². The molecule has 132 valence electrons. The van der Waals surface area contributed by atoms with Gasteiger partial charge in [0.25, 0.3) is 5.69 Å². The van der Waals surface area contributed by atoms with Gasteiger partial charge >= 0.3 is 5.97 Å². The Morgan fingerprint density at radius 1 is 1.12 bits per heavy atom. The number of esters is 1. The smallest absolute Gasteiger partial charge is 0.324 e. The summed E-state index contributed by atoms with van der Waals surface area (Å²) < 4.78 is 30.0. The number of ether oxygens (including phenoxy) is 1. The minimum atomic E-state index is -3.99. The summed E-state index contributed by atoms with van der Waals surface area (Å²) in [6.45, 7) is 3.13. The molecule has 7 nitrogen and oxygen atoms in total. The molecule has 0 saturated heterocycles. The molecule has 0 heterocycles. The number of carbonyl (C=O) groups excluding carboxylic acids is 1. The number of aryl methyl sites for hydroxylation is 1. The molecule has 0 saturated carbocycles. The number of hydrogen-bond donors (Lipinski definition) is 0. The van der Waals surface area contributed by atoms with Crippen LogP contribution in [0.1, 0.15) is 18.1 Å². The van der Waals surface area contributed by atoms with E-state index < -0.39 is 26.0 Å². The molecule has 0 radical (unpaired) electrons. The average Bonchev–Trinajstić information content (AvgIpc) is 2.60. The fourth-order valence-electron chi connectivity index (χ4n) is 2.04. The Balaban J connectivity index is 2.08. The zero-order valence-corrected chi connectivity index (χ0v) is 14.5. The van der Waals surface area contributed by atoms with E-state index in [1.807, 2.05) is 19.1 Å². The molecular weight excluding hydrogens is 346 g/mol. The Hall–Kier alpha value is -2.74. The van der Waals surface area contributed by atoms with Crippen LogP contribution in [0.4, 0.5) is 5.69 Å². The van der Waals surface area contributed by atoms with E-state index in [1.165, 1.54) is 6.92 Å². The number of non-ortho nitro benzene ring substituents is 1. The molecule has 0 unspecified atom stereocenters. The van der Waals surface area contributed by atoms with Gasteiger partial charge in [0.15, 0.2) is 15.1 Å². The Kier molecular flexibility index (Phi) is 5.53. The summed E-state index contributed by atoms with van der Waals surface area (Å²) in [7, 11) is -3.99. The second-order valence-electron chi connectivity index (χ2n) is 5.53. The van der Waals surface area contributed by atoms with Gasteiger partial charge in [0.05, 0.1) is 9.82 Å². The Bertz CT molecular complexity index is 872. The molecule has 2 aromatic rings. The average molecular weight is 363 g/mol. The first-order valence-electron chi connectivity index (χ1n) is 7.42. The molecule has 2 aromatic carbocycles. The lowest BCUT2D eigenvalue weighted by molar-refractivity contribution is -0.384. The van der Waals surface area contributed by atoms with Crippen LogP contribution in [0.5, 0.6) is 0 Å². The van der Waals surface area contributed by atoms with Crippen molar-refractivity contribution in [3.63, 3.8) is 0 Å². The van der Waals surface area contributed by atoms with E-state index in [-0.39, 0.29) is 17.2 Å². The van der Waals surface area contributed by atoms with E-state index >= 15 is 0 Å². The SMILES string of the molecule is Cc1ccc(COC(=O)[C@@H](C)S(=O)(=O)c2ccc([N+](=O)[O-])cc2)cc1. The number of nitro groups is 1. The second-order valence-corrected chi connectivity index (χ2v) is 7.80. The monoisotopic (exact) mass is 363 g/mol. The highest BCUT2D eigenvalue weighted by atomic mass is 32.2. The molecule has 0 fully saturated rings. The standard InChI is InChI=1S/C17H17NO6S/c1-12-3-5-14(6-4-12)11-24-17(19)13(2)25(22,23)16-9-7-15(8-10-16)18(20)21/h3-10,13H,11H2,1-2H3/t13-/m1/s1. The summed E-state index contributed by atoms with van der Waals surface area (Å²) in [5, 5.41) is 9.21. The third-order valence-corrected chi connectivity index (χ3v) is 5.73. The first-order chi connectivity index (χ1) is 11.7. The topological polar surface area (TPSA) is 104 Å². The minimum absolute atomic E-state index is 0.0285. The van der Waals surface area contributed by atoms with E-state index in [4.69, 9.17) is 4.74 Å². The molecule has 8 heteroatoms. The van der Waals surface area contributed by atoms with E-state index in [1.54, 1.807) is 12.1 Å². The van der Waals surface area contributed by atoms with Gasteiger partial charge < -0.3 is 4.74 Å². The van der Waals surface area contributed by atoms with Crippen LogP contribution in [-0.4, -0.2) is 24.6 Å². The molecule has 0 amide bonds. The molecule has 1 atom stereocenters. The van der Waals surface area contributed by atoms with Gasteiger partial charge in [-0.15, -0.1) is 0 Å². The van der Waals surface area contributed by atoms with Gasteiger partial charge in [0.2, 0.25) is 0 Å². The molecule has 2 rings (SSSR count). The van der Waals surface area contributed by atoms with Gasteiger partial charge in [-0.25, -0.2) is 8.42 Å². The number of sulfone groups is 1. The third kappa shape index (κ3) is 4.42. The van der Waals surface area contributed by atoms with E-state index in [0.29, 0.717) is 0 Å². The first kappa shape index (κ1) is 18.6. The van der Waals surface area contributed by atoms with Crippen LogP contribution < -0.4 is 0 Å². The van der Waals surface area contributed by atoms with Crippen molar-refractivity contribution in [2.24, 2.45) is 0 Å². The van der Waals surface area contributed by atoms with Crippen LogP contribution in [0.15, 0.2) is 53.4 Å². The van der Waals surface area contributed by atoms with Gasteiger partial charge in [-0.3, -0.25) is 14.9 Å². The van der Waals surface area contributed by atoms with Crippen molar-refractivity contribution in [1.82, 2.24) is 0 Å². The highest BCUT2D eigenvalue weighted by Crippen LogP contribution is 2.21. The lowest BCUT2D eigenvalue weighted by Gasteiger charge is -2.13. The Morgan fingerprint density at radius 3 is 2.20 bits per heavy atom. The Morgan fingerprint density at radius 2 is 1.68 bits per heavy atom. The van der Waals surface area contributed by atoms with Gasteiger partial charge in [-0.2, -0.15) is 0 Å². The second kappa shape index (κ2) is 7.43. The summed E-state index contributed by atoms with van der Waals surface area (Å²) in [6, 6.07) is 11.7. The zero-order chi connectivity index (χ0) is 18.6. The molecule has 0 bridgehead atoms. The van der Waals surface area contributed by atoms with Crippen molar-refractivity contribution in [1.29, 1.82) is 0 Å². The van der Waals surface area contributed by atoms with Crippen molar-refractivity contribution < 1.29 is 22.9 Å². The first-order valence-corrected chi connectivity index (χ1v) is 8.97. The molecule has 0 aliphatic rings. The number of rotatable bonds is 6. The summed E-state index contributed by atoms with van der Waals surface area (Å²) in [5.41, 5.74) is 1.58. The van der Waals surface area contributed by atoms with Crippen molar-refractivity contribution in [2.75, 3.05) is 0 Å². The molecule has 0 aromatic heterocycles. The summed E-state index contributed by atoms with van der Waals surface area (Å²) in [6.07, 6.45) is 0. The van der Waals surface area contributed by atoms with E-state index in [2.05, 4.69) is 0 Å². The zero-order valence-electron chi connectivity index (χ0n) is 13.7. The highest BCUT2D eigenvalue weighted by molar-refractivity contribution is 7.92. The summed E-state index contributed by atoms with van der Waals surface area (Å²) in [4.78, 5) is 21.9. The molecule has 0 spiro atoms. The molecular formula is C17H17NO6S. The van der Waals surface area contributed by atoms with Gasteiger partial charge in [-0.05, 0) is 31.5 Å². The predicted molar refractivity (Wildman–Crippen MR) is 90.7 cm³/mol. The fourth-order valence-corrected chi connectivity index (χ4v) is 3.29. The number of carbonyl (C=O) groups is 1. The normalized spacial score (nSPS) is 12.4. The van der Waals surface area contributed by atoms with Crippen molar-refractivity contribution in [3.05, 3.63) is 69.8 Å². The predicted octanol–water partition coefficient (Wildman–Crippen LogP) is 2.81. The maximum Gasteiger partial charge on any atom is 0.324 e. The van der Waals surface area contributed by atoms with E-state index in [0.717, 1.165) is 35.4 Å². The fraction of sp³-hybridized carbons (Fsp3) is 0.235. The van der Waals surface area contributed by atoms with Crippen LogP contribution in [0.3, 0.4) is 0 Å². The maximum atomic E-state index is 12.4. The van der Waals surface area contributed by atoms with Crippen LogP contribution >= 0.6 is 0 Å². The van der Waals surface area contributed by atoms with Crippen LogP contribution in [0.25, 0.3) is 0 Å². The third-order valence-electron chi connectivity index (χ3n) is 3.68. The van der Waals surface area contributed by atoms with Crippen molar-refractivity contribution in [2.45, 2.75) is 30.6 Å². The van der Waals surface area contributed by atoms with Crippen LogP contribution in [-0.2, 0) is 26.0 Å². The van der Waals surface area contributed by atoms with Crippen LogP contribution in [0.2, 0.25) is 0 Å². The van der Waals surface area contributed by atoms with Gasteiger partial charge in [-0.1, -0.05) is 29.8 Å². The lowest BCUT2D eigenvalue weighted by Crippen LogP contribution is -2.29. The lowest BCUT2D eigenvalue weighted by atomic mass is 10.2. The van der Waals surface area contributed by atoms with Crippen molar-refractivity contribution >= 4 is 21.5 Å². The number of nitrogens with zero attached hydrogens (tertiary/aromatic N) is 1. The molecule has 25 heavy (non-hydrogen) atoms. The highest BCUT2D eigenvalue weighted by Gasteiger charge is 2.31. The largest absolute Gasteiger partial charge is 0.460 e. The number of benzene rings is 2. The maximum absolute atomic E-state index is 12.4.